The molecule has 4 heteroatoms. The second-order valence-electron chi connectivity index (χ2n) is 4.49. The zero-order chi connectivity index (χ0) is 12.7. The second kappa shape index (κ2) is 7.30. The van der Waals surface area contributed by atoms with E-state index in [-0.39, 0.29) is 24.3 Å². The number of likely N-dealkylation sites (N-methyl/N-ethyl adjacent to an activating group) is 1. The Labute approximate surface area is 103 Å². The topological polar surface area (TPSA) is 46.6 Å². The monoisotopic (exact) mass is 241 g/mol. The van der Waals surface area contributed by atoms with Crippen molar-refractivity contribution < 1.29 is 14.3 Å². The third kappa shape index (κ3) is 4.36. The smallest absolute Gasteiger partial charge is 0.325 e. The highest BCUT2D eigenvalue weighted by atomic mass is 16.5. The Bertz CT molecular complexity index is 259. The first kappa shape index (κ1) is 14.0. The van der Waals surface area contributed by atoms with Gasteiger partial charge in [-0.25, -0.2) is 0 Å². The van der Waals surface area contributed by atoms with E-state index in [0.29, 0.717) is 13.2 Å². The van der Waals surface area contributed by atoms with Crippen molar-refractivity contribution in [2.75, 3.05) is 19.7 Å². The van der Waals surface area contributed by atoms with Crippen molar-refractivity contribution in [1.29, 1.82) is 0 Å². The van der Waals surface area contributed by atoms with Gasteiger partial charge < -0.3 is 9.64 Å². The fraction of sp³-hybridized carbons (Fsp3) is 0.846. The lowest BCUT2D eigenvalue weighted by atomic mass is 9.88. The summed E-state index contributed by atoms with van der Waals surface area (Å²) in [6, 6.07) is 0. The number of carbonyl (C=O) groups excluding carboxylic acids is 2. The molecular weight excluding hydrogens is 218 g/mol. The van der Waals surface area contributed by atoms with Gasteiger partial charge in [0, 0.05) is 12.5 Å². The molecule has 1 rings (SSSR count). The van der Waals surface area contributed by atoms with Crippen molar-refractivity contribution >= 4 is 11.9 Å². The van der Waals surface area contributed by atoms with Crippen LogP contribution in [0.2, 0.25) is 0 Å². The summed E-state index contributed by atoms with van der Waals surface area (Å²) >= 11 is 0. The highest BCUT2D eigenvalue weighted by Gasteiger charge is 2.26. The molecule has 1 fully saturated rings. The summed E-state index contributed by atoms with van der Waals surface area (Å²) in [5.41, 5.74) is 0. The summed E-state index contributed by atoms with van der Waals surface area (Å²) in [5, 5.41) is 0. The van der Waals surface area contributed by atoms with Crippen LogP contribution in [-0.4, -0.2) is 36.5 Å². The number of hydrogen-bond donors (Lipinski definition) is 0. The zero-order valence-corrected chi connectivity index (χ0v) is 10.9. The van der Waals surface area contributed by atoms with Crippen LogP contribution in [0.1, 0.15) is 46.0 Å². The molecule has 0 atom stereocenters. The quantitative estimate of drug-likeness (QED) is 0.691. The molecule has 0 unspecified atom stereocenters. The van der Waals surface area contributed by atoms with E-state index >= 15 is 0 Å². The molecule has 0 aromatic heterocycles. The Morgan fingerprint density at radius 3 is 2.35 bits per heavy atom. The van der Waals surface area contributed by atoms with Crippen molar-refractivity contribution in [1.82, 2.24) is 4.90 Å². The van der Waals surface area contributed by atoms with E-state index in [1.54, 1.807) is 11.8 Å². The molecule has 0 aromatic rings. The molecule has 0 radical (unpaired) electrons. The van der Waals surface area contributed by atoms with Gasteiger partial charge in [0.1, 0.15) is 6.54 Å². The van der Waals surface area contributed by atoms with Crippen molar-refractivity contribution in [3.63, 3.8) is 0 Å². The first-order valence-electron chi connectivity index (χ1n) is 6.63. The maximum atomic E-state index is 12.2. The van der Waals surface area contributed by atoms with Crippen molar-refractivity contribution in [3.8, 4) is 0 Å². The number of nitrogens with zero attached hydrogens (tertiary/aromatic N) is 1. The minimum absolute atomic E-state index is 0.0969. The Morgan fingerprint density at radius 2 is 1.82 bits per heavy atom. The van der Waals surface area contributed by atoms with Gasteiger partial charge in [-0.3, -0.25) is 9.59 Å². The minimum Gasteiger partial charge on any atom is -0.465 e. The molecule has 0 bridgehead atoms. The molecule has 0 aliphatic heterocycles. The lowest BCUT2D eigenvalue weighted by Crippen LogP contribution is -2.40. The molecule has 1 amide bonds. The molecular formula is C13H23NO3. The minimum atomic E-state index is -0.307. The molecule has 0 aromatic carbocycles. The van der Waals surface area contributed by atoms with Crippen LogP contribution in [0.4, 0.5) is 0 Å². The molecule has 17 heavy (non-hydrogen) atoms. The molecule has 98 valence electrons. The highest BCUT2D eigenvalue weighted by molar-refractivity contribution is 5.83. The predicted molar refractivity (Wildman–Crippen MR) is 65.5 cm³/mol. The normalized spacial score (nSPS) is 16.6. The largest absolute Gasteiger partial charge is 0.465 e. The van der Waals surface area contributed by atoms with E-state index in [1.807, 2.05) is 6.92 Å². The zero-order valence-electron chi connectivity index (χ0n) is 10.9. The average molecular weight is 241 g/mol. The Hall–Kier alpha value is -1.06. The third-order valence-corrected chi connectivity index (χ3v) is 3.27. The van der Waals surface area contributed by atoms with Crippen molar-refractivity contribution in [2.45, 2.75) is 46.0 Å². The van der Waals surface area contributed by atoms with Gasteiger partial charge in [0.05, 0.1) is 6.61 Å². The number of hydrogen-bond acceptors (Lipinski definition) is 3. The van der Waals surface area contributed by atoms with Crippen molar-refractivity contribution in [3.05, 3.63) is 0 Å². The predicted octanol–water partition coefficient (Wildman–Crippen LogP) is 1.98. The van der Waals surface area contributed by atoms with Crippen LogP contribution in [0.25, 0.3) is 0 Å². The second-order valence-corrected chi connectivity index (χ2v) is 4.49. The van der Waals surface area contributed by atoms with Gasteiger partial charge in [0.15, 0.2) is 0 Å². The summed E-state index contributed by atoms with van der Waals surface area (Å²) in [6.45, 7) is 4.72. The maximum absolute atomic E-state index is 12.2. The van der Waals surface area contributed by atoms with Crippen LogP contribution in [0.3, 0.4) is 0 Å². The van der Waals surface area contributed by atoms with Crippen LogP contribution in [0, 0.1) is 5.92 Å². The molecule has 1 saturated carbocycles. The maximum Gasteiger partial charge on any atom is 0.325 e. The van der Waals surface area contributed by atoms with E-state index in [9.17, 15) is 9.59 Å². The fourth-order valence-electron chi connectivity index (χ4n) is 2.32. The molecule has 0 saturated heterocycles. The van der Waals surface area contributed by atoms with Gasteiger partial charge in [-0.1, -0.05) is 19.3 Å². The first-order valence-corrected chi connectivity index (χ1v) is 6.63. The van der Waals surface area contributed by atoms with E-state index in [0.717, 1.165) is 25.7 Å². The van der Waals surface area contributed by atoms with Crippen LogP contribution in [0.5, 0.6) is 0 Å². The lowest BCUT2D eigenvalue weighted by molar-refractivity contribution is -0.150. The number of ether oxygens (including phenoxy) is 1. The Morgan fingerprint density at radius 1 is 1.18 bits per heavy atom. The summed E-state index contributed by atoms with van der Waals surface area (Å²) in [7, 11) is 0. The number of amides is 1. The molecule has 0 N–H and O–H groups in total. The Kier molecular flexibility index (Phi) is 6.01. The van der Waals surface area contributed by atoms with Gasteiger partial charge in [-0.15, -0.1) is 0 Å². The first-order chi connectivity index (χ1) is 8.19. The number of esters is 1. The van der Waals surface area contributed by atoms with Gasteiger partial charge in [-0.05, 0) is 26.7 Å². The summed E-state index contributed by atoms with van der Waals surface area (Å²) in [5.74, 6) is -0.0584. The SMILES string of the molecule is CCOC(=O)CN(CC)C(=O)C1CCCCC1. The summed E-state index contributed by atoms with van der Waals surface area (Å²) in [4.78, 5) is 25.2. The molecule has 4 nitrogen and oxygen atoms in total. The molecule has 0 spiro atoms. The summed E-state index contributed by atoms with van der Waals surface area (Å²) < 4.78 is 4.88. The average Bonchev–Trinajstić information content (AvgIpc) is 2.36. The van der Waals surface area contributed by atoms with E-state index in [1.165, 1.54) is 6.42 Å². The van der Waals surface area contributed by atoms with E-state index in [2.05, 4.69) is 0 Å². The fourth-order valence-corrected chi connectivity index (χ4v) is 2.32. The lowest BCUT2D eigenvalue weighted by Gasteiger charge is -2.27. The molecule has 0 heterocycles. The molecule has 1 aliphatic rings. The number of carbonyl (C=O) groups is 2. The van der Waals surface area contributed by atoms with E-state index in [4.69, 9.17) is 4.74 Å². The van der Waals surface area contributed by atoms with Gasteiger partial charge >= 0.3 is 5.97 Å². The van der Waals surface area contributed by atoms with Crippen LogP contribution < -0.4 is 0 Å². The van der Waals surface area contributed by atoms with Gasteiger partial charge in [-0.2, -0.15) is 0 Å². The van der Waals surface area contributed by atoms with Crippen molar-refractivity contribution in [2.24, 2.45) is 5.92 Å². The number of rotatable bonds is 5. The Balaban J connectivity index is 2.47. The van der Waals surface area contributed by atoms with Crippen LogP contribution >= 0.6 is 0 Å². The van der Waals surface area contributed by atoms with Crippen LogP contribution in [0.15, 0.2) is 0 Å². The third-order valence-electron chi connectivity index (χ3n) is 3.27. The summed E-state index contributed by atoms with van der Waals surface area (Å²) in [6.07, 6.45) is 5.44. The highest BCUT2D eigenvalue weighted by Crippen LogP contribution is 2.25. The van der Waals surface area contributed by atoms with Crippen LogP contribution in [-0.2, 0) is 14.3 Å². The van der Waals surface area contributed by atoms with E-state index < -0.39 is 0 Å². The van der Waals surface area contributed by atoms with Gasteiger partial charge in [0.25, 0.3) is 0 Å². The standard InChI is InChI=1S/C13H23NO3/c1-3-14(10-12(15)17-4-2)13(16)11-8-6-5-7-9-11/h11H,3-10H2,1-2H3. The molecule has 1 aliphatic carbocycles. The van der Waals surface area contributed by atoms with Gasteiger partial charge in [0.2, 0.25) is 5.91 Å².